The van der Waals surface area contributed by atoms with Gasteiger partial charge in [0.2, 0.25) is 5.91 Å². The number of rotatable bonds is 3. The van der Waals surface area contributed by atoms with E-state index in [9.17, 15) is 9.59 Å². The number of carbonyl (C=O) groups excluding carboxylic acids is 2. The van der Waals surface area contributed by atoms with Gasteiger partial charge in [-0.3, -0.25) is 9.59 Å². The fourth-order valence-corrected chi connectivity index (χ4v) is 3.71. The van der Waals surface area contributed by atoms with Gasteiger partial charge < -0.3 is 15.0 Å². The van der Waals surface area contributed by atoms with Crippen LogP contribution in [0, 0.1) is 6.92 Å². The Morgan fingerprint density at radius 3 is 2.45 bits per heavy atom. The van der Waals surface area contributed by atoms with Crippen LogP contribution in [0.1, 0.15) is 33.1 Å². The fraction of sp³-hybridized carbons (Fsp3) is 0.167. The second kappa shape index (κ2) is 7.80. The van der Waals surface area contributed by atoms with Crippen molar-refractivity contribution < 1.29 is 14.3 Å². The Kier molecular flexibility index (Phi) is 5.04. The lowest BCUT2D eigenvalue weighted by atomic mass is 9.94. The van der Waals surface area contributed by atoms with Gasteiger partial charge in [-0.25, -0.2) is 0 Å². The van der Waals surface area contributed by atoms with Crippen molar-refractivity contribution in [1.82, 2.24) is 4.90 Å². The molecule has 0 spiro atoms. The molecule has 1 atom stereocenters. The summed E-state index contributed by atoms with van der Waals surface area (Å²) in [4.78, 5) is 27.7. The molecule has 0 radical (unpaired) electrons. The van der Waals surface area contributed by atoms with Crippen LogP contribution in [0.2, 0.25) is 0 Å². The van der Waals surface area contributed by atoms with Crippen LogP contribution in [0.3, 0.4) is 0 Å². The largest absolute Gasteiger partial charge is 0.497 e. The topological polar surface area (TPSA) is 58.6 Å². The first kappa shape index (κ1) is 18.7. The molecule has 4 rings (SSSR count). The van der Waals surface area contributed by atoms with Crippen LogP contribution >= 0.6 is 0 Å². The number of methoxy groups -OCH3 is 1. The summed E-state index contributed by atoms with van der Waals surface area (Å²) >= 11 is 0. The van der Waals surface area contributed by atoms with E-state index >= 15 is 0 Å². The van der Waals surface area contributed by atoms with E-state index in [1.807, 2.05) is 55.5 Å². The third-order valence-corrected chi connectivity index (χ3v) is 5.11. The lowest BCUT2D eigenvalue weighted by Crippen LogP contribution is -2.39. The smallest absolute Gasteiger partial charge is 0.255 e. The summed E-state index contributed by atoms with van der Waals surface area (Å²) in [5, 5.41) is 2.95. The predicted molar refractivity (Wildman–Crippen MR) is 112 cm³/mol. The standard InChI is InChI=1S/C24H22N2O3/c1-16-8-13-21-20(14-16)23(17-6-4-3-5-7-17)26(15-22(27)25-21)24(28)18-9-11-19(29-2)12-10-18/h3-14,23H,15H2,1-2H3,(H,25,27)/t23-/m0/s1. The zero-order valence-electron chi connectivity index (χ0n) is 16.4. The minimum absolute atomic E-state index is 0.0296. The Hall–Kier alpha value is -3.60. The van der Waals surface area contributed by atoms with E-state index in [0.29, 0.717) is 11.3 Å². The number of fused-ring (bicyclic) bond motifs is 1. The molecule has 0 saturated heterocycles. The minimum Gasteiger partial charge on any atom is -0.497 e. The van der Waals surface area contributed by atoms with E-state index < -0.39 is 0 Å². The van der Waals surface area contributed by atoms with Gasteiger partial charge in [0.15, 0.2) is 0 Å². The maximum Gasteiger partial charge on any atom is 0.255 e. The number of hydrogen-bond acceptors (Lipinski definition) is 3. The van der Waals surface area contributed by atoms with Crippen molar-refractivity contribution in [3.63, 3.8) is 0 Å². The SMILES string of the molecule is COc1ccc(C(=O)N2CC(=O)Nc3ccc(C)cc3[C@@H]2c2ccccc2)cc1. The van der Waals surface area contributed by atoms with Crippen molar-refractivity contribution in [3.8, 4) is 5.75 Å². The maximum atomic E-state index is 13.5. The molecule has 0 bridgehead atoms. The highest BCUT2D eigenvalue weighted by molar-refractivity contribution is 6.01. The van der Waals surface area contributed by atoms with Crippen LogP contribution in [0.25, 0.3) is 0 Å². The molecule has 1 N–H and O–H groups in total. The Morgan fingerprint density at radius 2 is 1.76 bits per heavy atom. The van der Waals surface area contributed by atoms with Gasteiger partial charge in [0.25, 0.3) is 5.91 Å². The van der Waals surface area contributed by atoms with Crippen LogP contribution in [0.15, 0.2) is 72.8 Å². The zero-order chi connectivity index (χ0) is 20.4. The number of benzene rings is 3. The number of anilines is 1. The molecule has 0 fully saturated rings. The summed E-state index contributed by atoms with van der Waals surface area (Å²) in [6.45, 7) is 1.98. The van der Waals surface area contributed by atoms with Crippen molar-refractivity contribution in [2.75, 3.05) is 19.0 Å². The normalized spacial score (nSPS) is 15.9. The average Bonchev–Trinajstić information content (AvgIpc) is 2.89. The number of ether oxygens (including phenoxy) is 1. The summed E-state index contributed by atoms with van der Waals surface area (Å²) in [5.41, 5.74) is 4.18. The number of nitrogens with zero attached hydrogens (tertiary/aromatic N) is 1. The molecule has 0 aromatic heterocycles. The summed E-state index contributed by atoms with van der Waals surface area (Å²) in [7, 11) is 1.58. The van der Waals surface area contributed by atoms with Gasteiger partial charge in [-0.15, -0.1) is 0 Å². The predicted octanol–water partition coefficient (Wildman–Crippen LogP) is 4.19. The summed E-state index contributed by atoms with van der Waals surface area (Å²) in [6.07, 6.45) is 0. The molecule has 5 nitrogen and oxygen atoms in total. The van der Waals surface area contributed by atoms with Gasteiger partial charge in [0.05, 0.1) is 13.2 Å². The number of hydrogen-bond donors (Lipinski definition) is 1. The lowest BCUT2D eigenvalue weighted by molar-refractivity contribution is -0.117. The summed E-state index contributed by atoms with van der Waals surface area (Å²) in [6, 6.07) is 22.3. The molecule has 5 heteroatoms. The molecule has 1 aliphatic rings. The highest BCUT2D eigenvalue weighted by Gasteiger charge is 2.33. The summed E-state index contributed by atoms with van der Waals surface area (Å²) in [5.74, 6) is 0.261. The van der Waals surface area contributed by atoms with Gasteiger partial charge in [0.1, 0.15) is 12.3 Å². The molecule has 0 saturated carbocycles. The van der Waals surface area contributed by atoms with E-state index in [4.69, 9.17) is 4.74 Å². The molecular formula is C24H22N2O3. The van der Waals surface area contributed by atoms with E-state index in [1.165, 1.54) is 0 Å². The van der Waals surface area contributed by atoms with Gasteiger partial charge in [0, 0.05) is 16.8 Å². The Balaban J connectivity index is 1.85. The first-order valence-corrected chi connectivity index (χ1v) is 9.47. The number of aryl methyl sites for hydroxylation is 1. The fourth-order valence-electron chi connectivity index (χ4n) is 3.71. The van der Waals surface area contributed by atoms with E-state index in [-0.39, 0.29) is 24.4 Å². The van der Waals surface area contributed by atoms with Crippen molar-refractivity contribution in [3.05, 3.63) is 95.1 Å². The molecule has 3 aromatic rings. The molecule has 29 heavy (non-hydrogen) atoms. The lowest BCUT2D eigenvalue weighted by Gasteiger charge is -2.31. The van der Waals surface area contributed by atoms with Gasteiger partial charge >= 0.3 is 0 Å². The maximum absolute atomic E-state index is 13.5. The van der Waals surface area contributed by atoms with E-state index in [1.54, 1.807) is 36.3 Å². The second-order valence-corrected chi connectivity index (χ2v) is 7.11. The van der Waals surface area contributed by atoms with Crippen LogP contribution in [0.5, 0.6) is 5.75 Å². The molecule has 0 unspecified atom stereocenters. The highest BCUT2D eigenvalue weighted by atomic mass is 16.5. The highest BCUT2D eigenvalue weighted by Crippen LogP contribution is 2.37. The average molecular weight is 386 g/mol. The Bertz CT molecular complexity index is 1050. The van der Waals surface area contributed by atoms with Crippen molar-refractivity contribution in [2.24, 2.45) is 0 Å². The molecule has 1 heterocycles. The van der Waals surface area contributed by atoms with Crippen LogP contribution in [-0.4, -0.2) is 30.4 Å². The third kappa shape index (κ3) is 3.72. The molecule has 0 aliphatic carbocycles. The Morgan fingerprint density at radius 1 is 1.03 bits per heavy atom. The number of carbonyl (C=O) groups is 2. The molecular weight excluding hydrogens is 364 g/mol. The minimum atomic E-state index is -0.375. The number of nitrogens with one attached hydrogen (secondary N) is 1. The quantitative estimate of drug-likeness (QED) is 0.734. The second-order valence-electron chi connectivity index (χ2n) is 7.11. The van der Waals surface area contributed by atoms with E-state index in [0.717, 1.165) is 22.4 Å². The zero-order valence-corrected chi connectivity index (χ0v) is 16.4. The monoisotopic (exact) mass is 386 g/mol. The molecule has 1 aliphatic heterocycles. The molecule has 2 amide bonds. The first-order valence-electron chi connectivity index (χ1n) is 9.47. The van der Waals surface area contributed by atoms with Crippen molar-refractivity contribution in [1.29, 1.82) is 0 Å². The van der Waals surface area contributed by atoms with Gasteiger partial charge in [-0.2, -0.15) is 0 Å². The van der Waals surface area contributed by atoms with Crippen LogP contribution < -0.4 is 10.1 Å². The molecule has 3 aromatic carbocycles. The summed E-state index contributed by atoms with van der Waals surface area (Å²) < 4.78 is 5.19. The van der Waals surface area contributed by atoms with Crippen LogP contribution in [-0.2, 0) is 4.79 Å². The van der Waals surface area contributed by atoms with Crippen LogP contribution in [0.4, 0.5) is 5.69 Å². The van der Waals surface area contributed by atoms with Crippen molar-refractivity contribution >= 4 is 17.5 Å². The number of amides is 2. The Labute approximate surface area is 169 Å². The van der Waals surface area contributed by atoms with E-state index in [2.05, 4.69) is 5.32 Å². The third-order valence-electron chi connectivity index (χ3n) is 5.11. The molecule has 146 valence electrons. The first-order chi connectivity index (χ1) is 14.1. The van der Waals surface area contributed by atoms with Gasteiger partial charge in [-0.1, -0.05) is 48.0 Å². The van der Waals surface area contributed by atoms with Gasteiger partial charge in [-0.05, 0) is 42.8 Å². The van der Waals surface area contributed by atoms with Crippen molar-refractivity contribution in [2.45, 2.75) is 13.0 Å².